The quantitative estimate of drug-likeness (QED) is 0.800. The molecule has 0 saturated carbocycles. The van der Waals surface area contributed by atoms with Crippen molar-refractivity contribution in [3.8, 4) is 0 Å². The van der Waals surface area contributed by atoms with Crippen LogP contribution in [-0.2, 0) is 6.42 Å². The number of hydrogen-bond donors (Lipinski definition) is 1. The average Bonchev–Trinajstić information content (AvgIpc) is 3.05. The smallest absolute Gasteiger partial charge is 0.169 e. The highest BCUT2D eigenvalue weighted by Gasteiger charge is 2.21. The molecule has 0 amide bonds. The molecule has 2 N–H and O–H groups in total. The SMILES string of the molecule is CCCc1nnsc1C(N)c1cc2cccc(F)c2o1. The van der Waals surface area contributed by atoms with Crippen molar-refractivity contribution in [1.82, 2.24) is 9.59 Å². The van der Waals surface area contributed by atoms with Crippen LogP contribution in [0.5, 0.6) is 0 Å². The fraction of sp³-hybridized carbons (Fsp3) is 0.286. The first-order valence-electron chi connectivity index (χ1n) is 6.45. The van der Waals surface area contributed by atoms with Crippen LogP contribution in [-0.4, -0.2) is 9.59 Å². The Morgan fingerprint density at radius 1 is 1.45 bits per heavy atom. The minimum Gasteiger partial charge on any atom is -0.456 e. The van der Waals surface area contributed by atoms with Crippen molar-refractivity contribution < 1.29 is 8.81 Å². The Balaban J connectivity index is 2.01. The van der Waals surface area contributed by atoms with Gasteiger partial charge in [0.2, 0.25) is 0 Å². The highest BCUT2D eigenvalue weighted by Crippen LogP contribution is 2.31. The van der Waals surface area contributed by atoms with Crippen LogP contribution in [0.1, 0.15) is 35.7 Å². The maximum Gasteiger partial charge on any atom is 0.169 e. The van der Waals surface area contributed by atoms with Gasteiger partial charge in [-0.1, -0.05) is 30.0 Å². The predicted octanol–water partition coefficient (Wildman–Crippen LogP) is 3.42. The van der Waals surface area contributed by atoms with E-state index in [1.165, 1.54) is 17.6 Å². The fourth-order valence-electron chi connectivity index (χ4n) is 2.19. The summed E-state index contributed by atoms with van der Waals surface area (Å²) in [5, 5.41) is 4.81. The Morgan fingerprint density at radius 3 is 3.05 bits per heavy atom. The number of rotatable bonds is 4. The lowest BCUT2D eigenvalue weighted by Crippen LogP contribution is -2.11. The van der Waals surface area contributed by atoms with Crippen LogP contribution in [0.25, 0.3) is 11.0 Å². The second-order valence-corrected chi connectivity index (χ2v) is 5.40. The second-order valence-electron chi connectivity index (χ2n) is 4.62. The molecule has 0 saturated heterocycles. The van der Waals surface area contributed by atoms with Crippen molar-refractivity contribution >= 4 is 22.5 Å². The van der Waals surface area contributed by atoms with E-state index in [0.717, 1.165) is 23.4 Å². The Kier molecular flexibility index (Phi) is 3.50. The van der Waals surface area contributed by atoms with Gasteiger partial charge in [-0.15, -0.1) is 5.10 Å². The third kappa shape index (κ3) is 2.21. The normalized spacial score (nSPS) is 12.9. The van der Waals surface area contributed by atoms with Crippen molar-refractivity contribution in [3.63, 3.8) is 0 Å². The van der Waals surface area contributed by atoms with Gasteiger partial charge >= 0.3 is 0 Å². The topological polar surface area (TPSA) is 64.9 Å². The van der Waals surface area contributed by atoms with Crippen LogP contribution in [0.15, 0.2) is 28.7 Å². The summed E-state index contributed by atoms with van der Waals surface area (Å²) in [7, 11) is 0. The highest BCUT2D eigenvalue weighted by atomic mass is 32.1. The zero-order valence-corrected chi connectivity index (χ0v) is 11.8. The maximum absolute atomic E-state index is 13.6. The molecule has 1 unspecified atom stereocenters. The Bertz CT molecular complexity index is 737. The molecule has 2 aromatic heterocycles. The molecule has 0 aliphatic carbocycles. The van der Waals surface area contributed by atoms with E-state index in [2.05, 4.69) is 16.5 Å². The Labute approximate surface area is 119 Å². The van der Waals surface area contributed by atoms with Crippen molar-refractivity contribution in [3.05, 3.63) is 46.4 Å². The highest BCUT2D eigenvalue weighted by molar-refractivity contribution is 7.05. The van der Waals surface area contributed by atoms with Crippen molar-refractivity contribution in [2.45, 2.75) is 25.8 Å². The fourth-order valence-corrected chi connectivity index (χ4v) is 2.90. The molecule has 104 valence electrons. The standard InChI is InChI=1S/C14H14FN3OS/c1-2-4-10-14(20-18-17-10)12(16)11-7-8-5-3-6-9(15)13(8)19-11/h3,5-7,12H,2,4,16H2,1H3. The average molecular weight is 291 g/mol. The number of halogens is 1. The lowest BCUT2D eigenvalue weighted by Gasteiger charge is -2.06. The minimum absolute atomic E-state index is 0.243. The summed E-state index contributed by atoms with van der Waals surface area (Å²) in [6.45, 7) is 2.07. The van der Waals surface area contributed by atoms with E-state index in [9.17, 15) is 4.39 Å². The Morgan fingerprint density at radius 2 is 2.30 bits per heavy atom. The zero-order valence-electron chi connectivity index (χ0n) is 11.0. The molecule has 1 atom stereocenters. The number of furan rings is 1. The van der Waals surface area contributed by atoms with Crippen LogP contribution < -0.4 is 5.73 Å². The lowest BCUT2D eigenvalue weighted by molar-refractivity contribution is 0.503. The van der Waals surface area contributed by atoms with E-state index in [1.54, 1.807) is 18.2 Å². The van der Waals surface area contributed by atoms with Gasteiger partial charge in [0.25, 0.3) is 0 Å². The van der Waals surface area contributed by atoms with E-state index in [0.29, 0.717) is 11.1 Å². The Hall–Kier alpha value is -1.79. The van der Waals surface area contributed by atoms with Gasteiger partial charge in [-0.05, 0) is 30.1 Å². The monoisotopic (exact) mass is 291 g/mol. The summed E-state index contributed by atoms with van der Waals surface area (Å²) in [5.41, 5.74) is 7.36. The molecule has 0 fully saturated rings. The minimum atomic E-state index is -0.455. The number of aryl methyl sites for hydroxylation is 1. The van der Waals surface area contributed by atoms with E-state index < -0.39 is 6.04 Å². The van der Waals surface area contributed by atoms with Crippen molar-refractivity contribution in [2.75, 3.05) is 0 Å². The van der Waals surface area contributed by atoms with Crippen LogP contribution in [0.3, 0.4) is 0 Å². The van der Waals surface area contributed by atoms with Crippen LogP contribution >= 0.6 is 11.5 Å². The maximum atomic E-state index is 13.6. The van der Waals surface area contributed by atoms with Crippen LogP contribution in [0.4, 0.5) is 4.39 Å². The zero-order chi connectivity index (χ0) is 14.1. The molecule has 4 nitrogen and oxygen atoms in total. The van der Waals surface area contributed by atoms with Crippen molar-refractivity contribution in [1.29, 1.82) is 0 Å². The molecular weight excluding hydrogens is 277 g/mol. The first kappa shape index (κ1) is 13.2. The van der Waals surface area contributed by atoms with E-state index >= 15 is 0 Å². The predicted molar refractivity (Wildman–Crippen MR) is 76.1 cm³/mol. The second kappa shape index (κ2) is 5.30. The largest absolute Gasteiger partial charge is 0.456 e. The number of fused-ring (bicyclic) bond motifs is 1. The molecule has 0 radical (unpaired) electrons. The third-order valence-corrected chi connectivity index (χ3v) is 4.03. The molecule has 0 bridgehead atoms. The summed E-state index contributed by atoms with van der Waals surface area (Å²) in [5.74, 6) is 0.158. The van der Waals surface area contributed by atoms with E-state index in [4.69, 9.17) is 10.2 Å². The van der Waals surface area contributed by atoms with Gasteiger partial charge in [0, 0.05) is 5.39 Å². The molecule has 6 heteroatoms. The van der Waals surface area contributed by atoms with Crippen LogP contribution in [0.2, 0.25) is 0 Å². The first-order valence-corrected chi connectivity index (χ1v) is 7.22. The molecule has 2 heterocycles. The molecule has 20 heavy (non-hydrogen) atoms. The first-order chi connectivity index (χ1) is 9.70. The summed E-state index contributed by atoms with van der Waals surface area (Å²) in [6, 6.07) is 6.15. The molecule has 1 aromatic carbocycles. The number of nitrogens with zero attached hydrogens (tertiary/aromatic N) is 2. The van der Waals surface area contributed by atoms with Gasteiger partial charge in [0.1, 0.15) is 11.8 Å². The molecule has 0 spiro atoms. The van der Waals surface area contributed by atoms with Crippen molar-refractivity contribution in [2.24, 2.45) is 5.73 Å². The third-order valence-electron chi connectivity index (χ3n) is 3.18. The number of benzene rings is 1. The van der Waals surface area contributed by atoms with Crippen LogP contribution in [0, 0.1) is 5.82 Å². The lowest BCUT2D eigenvalue weighted by atomic mass is 10.1. The number of hydrogen-bond acceptors (Lipinski definition) is 5. The molecule has 3 aromatic rings. The van der Waals surface area contributed by atoms with E-state index in [-0.39, 0.29) is 11.4 Å². The van der Waals surface area contributed by atoms with Gasteiger partial charge in [0.05, 0.1) is 10.6 Å². The summed E-state index contributed by atoms with van der Waals surface area (Å²) in [4.78, 5) is 0.881. The molecule has 3 rings (SSSR count). The van der Waals surface area contributed by atoms with Gasteiger partial charge in [-0.3, -0.25) is 0 Å². The number of aromatic nitrogens is 2. The number of nitrogens with two attached hydrogens (primary N) is 1. The molecule has 0 aliphatic rings. The molecule has 0 aliphatic heterocycles. The summed E-state index contributed by atoms with van der Waals surface area (Å²) in [6.07, 6.45) is 1.80. The van der Waals surface area contributed by atoms with Gasteiger partial charge in [-0.2, -0.15) is 0 Å². The number of para-hydroxylation sites is 1. The van der Waals surface area contributed by atoms with Gasteiger partial charge in [0.15, 0.2) is 11.4 Å². The summed E-state index contributed by atoms with van der Waals surface area (Å²) >= 11 is 1.27. The van der Waals surface area contributed by atoms with Gasteiger partial charge < -0.3 is 10.2 Å². The molecular formula is C14H14FN3OS. The van der Waals surface area contributed by atoms with Gasteiger partial charge in [-0.25, -0.2) is 4.39 Å². The van der Waals surface area contributed by atoms with E-state index in [1.807, 2.05) is 0 Å². The summed E-state index contributed by atoms with van der Waals surface area (Å²) < 4.78 is 23.2.